The zero-order valence-corrected chi connectivity index (χ0v) is 15.5. The highest BCUT2D eigenvalue weighted by molar-refractivity contribution is 7.99. The van der Waals surface area contributed by atoms with E-state index >= 15 is 0 Å². The van der Waals surface area contributed by atoms with Gasteiger partial charge in [-0.3, -0.25) is 4.57 Å². The number of hydrogen-bond acceptors (Lipinski definition) is 4. The van der Waals surface area contributed by atoms with Crippen molar-refractivity contribution in [3.05, 3.63) is 60.2 Å². The van der Waals surface area contributed by atoms with Crippen LogP contribution < -0.4 is 0 Å². The lowest BCUT2D eigenvalue weighted by Crippen LogP contribution is -2.21. The summed E-state index contributed by atoms with van der Waals surface area (Å²) in [5, 5.41) is 9.12. The van der Waals surface area contributed by atoms with Crippen molar-refractivity contribution in [2.24, 2.45) is 0 Å². The van der Waals surface area contributed by atoms with Gasteiger partial charge in [0.1, 0.15) is 11.6 Å². The van der Waals surface area contributed by atoms with Crippen LogP contribution in [0.4, 0.5) is 8.78 Å². The first-order valence-corrected chi connectivity index (χ1v) is 9.91. The fourth-order valence-corrected chi connectivity index (χ4v) is 4.13. The normalized spacial score (nSPS) is 17.2. The van der Waals surface area contributed by atoms with E-state index in [9.17, 15) is 8.78 Å². The first-order valence-electron chi connectivity index (χ1n) is 8.93. The fourth-order valence-electron chi connectivity index (χ4n) is 3.12. The number of ether oxygens (including phenoxy) is 1. The monoisotopic (exact) mass is 387 g/mol. The molecule has 1 aromatic heterocycles. The molecule has 0 saturated carbocycles. The Hall–Kier alpha value is -2.25. The molecule has 1 saturated heterocycles. The largest absolute Gasteiger partial charge is 0.377 e. The summed E-state index contributed by atoms with van der Waals surface area (Å²) in [5.74, 6) is -0.0262. The topological polar surface area (TPSA) is 39.9 Å². The molecular weight excluding hydrogens is 368 g/mol. The summed E-state index contributed by atoms with van der Waals surface area (Å²) in [6.45, 7) is 0.778. The van der Waals surface area contributed by atoms with Gasteiger partial charge in [0.05, 0.1) is 11.8 Å². The maximum absolute atomic E-state index is 14.5. The SMILES string of the molecule is Fc1ccc(-n2c(SC[C@H]3CCCCO3)nnc2-c2ccccc2)c(F)c1. The molecule has 0 unspecified atom stereocenters. The van der Waals surface area contributed by atoms with E-state index in [1.54, 1.807) is 4.57 Å². The Morgan fingerprint density at radius 2 is 1.93 bits per heavy atom. The molecular formula is C20H19F2N3OS. The van der Waals surface area contributed by atoms with Gasteiger partial charge in [0.2, 0.25) is 0 Å². The molecule has 0 bridgehead atoms. The van der Waals surface area contributed by atoms with Gasteiger partial charge in [0, 0.05) is 24.0 Å². The standard InChI is InChI=1S/C20H19F2N3OS/c21-15-9-10-18(17(22)12-15)25-19(14-6-2-1-3-7-14)23-24-20(25)27-13-16-8-4-5-11-26-16/h1-3,6-7,9-10,12,16H,4-5,8,11,13H2/t16-/m1/s1. The van der Waals surface area contributed by atoms with Crippen molar-refractivity contribution in [3.8, 4) is 17.1 Å². The highest BCUT2D eigenvalue weighted by Gasteiger charge is 2.21. The van der Waals surface area contributed by atoms with E-state index in [1.165, 1.54) is 23.9 Å². The van der Waals surface area contributed by atoms with Crippen LogP contribution in [0.5, 0.6) is 0 Å². The summed E-state index contributed by atoms with van der Waals surface area (Å²) in [5.41, 5.74) is 1.04. The van der Waals surface area contributed by atoms with Gasteiger partial charge in [0.15, 0.2) is 11.0 Å². The summed E-state index contributed by atoms with van der Waals surface area (Å²) in [4.78, 5) is 0. The maximum atomic E-state index is 14.5. The van der Waals surface area contributed by atoms with Crippen LogP contribution in [0.1, 0.15) is 19.3 Å². The van der Waals surface area contributed by atoms with E-state index in [2.05, 4.69) is 10.2 Å². The predicted octanol–water partition coefficient (Wildman–Crippen LogP) is 4.87. The quantitative estimate of drug-likeness (QED) is 0.586. The summed E-state index contributed by atoms with van der Waals surface area (Å²) >= 11 is 1.48. The molecule has 1 aliphatic heterocycles. The molecule has 4 rings (SSSR count). The molecule has 27 heavy (non-hydrogen) atoms. The van der Waals surface area contributed by atoms with Gasteiger partial charge in [-0.05, 0) is 31.4 Å². The maximum Gasteiger partial charge on any atom is 0.196 e. The van der Waals surface area contributed by atoms with E-state index in [-0.39, 0.29) is 11.8 Å². The highest BCUT2D eigenvalue weighted by atomic mass is 32.2. The Morgan fingerprint density at radius 1 is 1.07 bits per heavy atom. The van der Waals surface area contributed by atoms with Crippen molar-refractivity contribution in [3.63, 3.8) is 0 Å². The van der Waals surface area contributed by atoms with Gasteiger partial charge >= 0.3 is 0 Å². The zero-order chi connectivity index (χ0) is 18.6. The van der Waals surface area contributed by atoms with Crippen LogP contribution in [0.2, 0.25) is 0 Å². The minimum Gasteiger partial charge on any atom is -0.377 e. The van der Waals surface area contributed by atoms with Gasteiger partial charge in [-0.2, -0.15) is 0 Å². The first kappa shape index (κ1) is 18.1. The van der Waals surface area contributed by atoms with Crippen LogP contribution in [-0.4, -0.2) is 33.2 Å². The Morgan fingerprint density at radius 3 is 2.67 bits per heavy atom. The number of nitrogens with zero attached hydrogens (tertiary/aromatic N) is 3. The fraction of sp³-hybridized carbons (Fsp3) is 0.300. The summed E-state index contributed by atoms with van der Waals surface area (Å²) in [6.07, 6.45) is 3.42. The third-order valence-electron chi connectivity index (χ3n) is 4.49. The van der Waals surface area contributed by atoms with Crippen molar-refractivity contribution in [1.82, 2.24) is 14.8 Å². The molecule has 4 nitrogen and oxygen atoms in total. The molecule has 2 aromatic carbocycles. The van der Waals surface area contributed by atoms with Crippen LogP contribution >= 0.6 is 11.8 Å². The average molecular weight is 387 g/mol. The Bertz CT molecular complexity index is 911. The first-order chi connectivity index (χ1) is 13.2. The van der Waals surface area contributed by atoms with E-state index in [0.717, 1.165) is 43.3 Å². The molecule has 0 spiro atoms. The Balaban J connectivity index is 1.71. The van der Waals surface area contributed by atoms with Gasteiger partial charge in [-0.25, -0.2) is 8.78 Å². The van der Waals surface area contributed by atoms with Gasteiger partial charge in [0.25, 0.3) is 0 Å². The van der Waals surface area contributed by atoms with Gasteiger partial charge in [-0.1, -0.05) is 42.1 Å². The molecule has 1 aliphatic rings. The number of hydrogen-bond donors (Lipinski definition) is 0. The van der Waals surface area contributed by atoms with E-state index < -0.39 is 11.6 Å². The van der Waals surface area contributed by atoms with Crippen LogP contribution in [0, 0.1) is 11.6 Å². The summed E-state index contributed by atoms with van der Waals surface area (Å²) in [7, 11) is 0. The summed E-state index contributed by atoms with van der Waals surface area (Å²) < 4.78 is 35.4. The van der Waals surface area contributed by atoms with Crippen molar-refractivity contribution < 1.29 is 13.5 Å². The molecule has 1 atom stereocenters. The minimum atomic E-state index is -0.650. The Kier molecular flexibility index (Phi) is 5.50. The van der Waals surface area contributed by atoms with E-state index in [1.807, 2.05) is 30.3 Å². The molecule has 0 aliphatic carbocycles. The molecule has 2 heterocycles. The second-order valence-electron chi connectivity index (χ2n) is 6.40. The third-order valence-corrected chi connectivity index (χ3v) is 5.55. The zero-order valence-electron chi connectivity index (χ0n) is 14.6. The van der Waals surface area contributed by atoms with Crippen molar-refractivity contribution in [1.29, 1.82) is 0 Å². The molecule has 0 amide bonds. The van der Waals surface area contributed by atoms with Gasteiger partial charge in [-0.15, -0.1) is 10.2 Å². The lowest BCUT2D eigenvalue weighted by molar-refractivity contribution is 0.0315. The number of halogens is 2. The van der Waals surface area contributed by atoms with Crippen molar-refractivity contribution in [2.75, 3.05) is 12.4 Å². The number of aromatic nitrogens is 3. The van der Waals surface area contributed by atoms with Crippen LogP contribution in [0.15, 0.2) is 53.7 Å². The van der Waals surface area contributed by atoms with Crippen molar-refractivity contribution >= 4 is 11.8 Å². The highest BCUT2D eigenvalue weighted by Crippen LogP contribution is 2.30. The third kappa shape index (κ3) is 4.04. The number of thioether (sulfide) groups is 1. The molecule has 140 valence electrons. The summed E-state index contributed by atoms with van der Waals surface area (Å²) in [6, 6.07) is 13.0. The smallest absolute Gasteiger partial charge is 0.196 e. The van der Waals surface area contributed by atoms with Crippen molar-refractivity contribution in [2.45, 2.75) is 30.5 Å². The molecule has 0 radical (unpaired) electrons. The average Bonchev–Trinajstić information content (AvgIpc) is 3.11. The van der Waals surface area contributed by atoms with Crippen LogP contribution in [-0.2, 0) is 4.74 Å². The number of rotatable bonds is 5. The van der Waals surface area contributed by atoms with Crippen LogP contribution in [0.3, 0.4) is 0 Å². The second kappa shape index (κ2) is 8.19. The van der Waals surface area contributed by atoms with E-state index in [0.29, 0.717) is 11.0 Å². The lowest BCUT2D eigenvalue weighted by atomic mass is 10.1. The molecule has 7 heteroatoms. The molecule has 3 aromatic rings. The number of benzene rings is 2. The second-order valence-corrected chi connectivity index (χ2v) is 7.39. The lowest BCUT2D eigenvalue weighted by Gasteiger charge is -2.22. The molecule has 0 N–H and O–H groups in total. The molecule has 1 fully saturated rings. The predicted molar refractivity (Wildman–Crippen MR) is 101 cm³/mol. The minimum absolute atomic E-state index is 0.159. The van der Waals surface area contributed by atoms with Crippen LogP contribution in [0.25, 0.3) is 17.1 Å². The van der Waals surface area contributed by atoms with Gasteiger partial charge < -0.3 is 4.74 Å². The van der Waals surface area contributed by atoms with E-state index in [4.69, 9.17) is 4.74 Å². The Labute approximate surface area is 160 Å².